The smallest absolute Gasteiger partial charge is 0.255 e. The monoisotopic (exact) mass is 391 g/mol. The molecule has 0 atom stereocenters. The van der Waals surface area contributed by atoms with Crippen LogP contribution < -0.4 is 14.8 Å². The van der Waals surface area contributed by atoms with Gasteiger partial charge in [0.05, 0.1) is 18.6 Å². The summed E-state index contributed by atoms with van der Waals surface area (Å²) >= 11 is 0. The average molecular weight is 391 g/mol. The first-order chi connectivity index (χ1) is 12.7. The van der Waals surface area contributed by atoms with Gasteiger partial charge >= 0.3 is 0 Å². The van der Waals surface area contributed by atoms with E-state index in [1.54, 1.807) is 30.3 Å². The number of hydrogen-bond donors (Lipinski definition) is 1. The minimum atomic E-state index is -3.34. The molecule has 0 aliphatic carbocycles. The molecule has 146 valence electrons. The van der Waals surface area contributed by atoms with Crippen molar-refractivity contribution >= 4 is 21.4 Å². The number of carbonyl (C=O) groups is 1. The van der Waals surface area contributed by atoms with Crippen LogP contribution in [0.4, 0.5) is 5.69 Å². The Bertz CT molecular complexity index is 906. The third-order valence-electron chi connectivity index (χ3n) is 3.90. The maximum absolute atomic E-state index is 12.5. The quantitative estimate of drug-likeness (QED) is 0.741. The first-order valence-corrected chi connectivity index (χ1v) is 10.5. The lowest BCUT2D eigenvalue weighted by Crippen LogP contribution is -2.13. The number of ether oxygens (including phenoxy) is 2. The van der Waals surface area contributed by atoms with Gasteiger partial charge in [0.1, 0.15) is 0 Å². The van der Waals surface area contributed by atoms with Crippen molar-refractivity contribution in [2.75, 3.05) is 25.3 Å². The number of benzene rings is 2. The van der Waals surface area contributed by atoms with Crippen LogP contribution in [0.5, 0.6) is 11.5 Å². The van der Waals surface area contributed by atoms with Gasteiger partial charge in [0.25, 0.3) is 5.91 Å². The molecule has 2 rings (SSSR count). The highest BCUT2D eigenvalue weighted by molar-refractivity contribution is 7.90. The molecule has 27 heavy (non-hydrogen) atoms. The number of sulfone groups is 1. The molecule has 1 N–H and O–H groups in total. The lowest BCUT2D eigenvalue weighted by Gasteiger charge is -2.13. The SMILES string of the molecule is COc1cc(C(=O)Nc2cccc(S(C)(=O)=O)c2)ccc1OCCC(C)C. The van der Waals surface area contributed by atoms with E-state index in [4.69, 9.17) is 9.47 Å². The van der Waals surface area contributed by atoms with Gasteiger partial charge in [-0.3, -0.25) is 4.79 Å². The maximum atomic E-state index is 12.5. The van der Waals surface area contributed by atoms with E-state index in [9.17, 15) is 13.2 Å². The molecule has 7 heteroatoms. The third kappa shape index (κ3) is 5.99. The first-order valence-electron chi connectivity index (χ1n) is 8.63. The Morgan fingerprint density at radius 1 is 1.11 bits per heavy atom. The van der Waals surface area contributed by atoms with Crippen molar-refractivity contribution < 1.29 is 22.7 Å². The zero-order valence-corrected chi connectivity index (χ0v) is 16.8. The fraction of sp³-hybridized carbons (Fsp3) is 0.350. The van der Waals surface area contributed by atoms with E-state index in [0.29, 0.717) is 35.3 Å². The summed E-state index contributed by atoms with van der Waals surface area (Å²) in [5.74, 6) is 1.21. The lowest BCUT2D eigenvalue weighted by molar-refractivity contribution is 0.102. The fourth-order valence-corrected chi connectivity index (χ4v) is 3.01. The van der Waals surface area contributed by atoms with Gasteiger partial charge in [0, 0.05) is 17.5 Å². The summed E-state index contributed by atoms with van der Waals surface area (Å²) in [6.07, 6.45) is 2.04. The van der Waals surface area contributed by atoms with E-state index in [1.807, 2.05) is 0 Å². The van der Waals surface area contributed by atoms with Crippen molar-refractivity contribution in [3.05, 3.63) is 48.0 Å². The second-order valence-electron chi connectivity index (χ2n) is 6.65. The van der Waals surface area contributed by atoms with Crippen LogP contribution in [0.15, 0.2) is 47.4 Å². The Morgan fingerprint density at radius 3 is 2.48 bits per heavy atom. The van der Waals surface area contributed by atoms with E-state index >= 15 is 0 Å². The number of rotatable bonds is 8. The van der Waals surface area contributed by atoms with Crippen LogP contribution in [0.25, 0.3) is 0 Å². The minimum Gasteiger partial charge on any atom is -0.493 e. The molecule has 0 unspecified atom stereocenters. The van der Waals surface area contributed by atoms with Gasteiger partial charge in [-0.05, 0) is 48.7 Å². The predicted molar refractivity (Wildman–Crippen MR) is 105 cm³/mol. The standard InChI is InChI=1S/C20H25NO5S/c1-14(2)10-11-26-18-9-8-15(12-19(18)25-3)20(22)21-16-6-5-7-17(13-16)27(4,23)24/h5-9,12-14H,10-11H2,1-4H3,(H,21,22). The number of hydrogen-bond acceptors (Lipinski definition) is 5. The van der Waals surface area contributed by atoms with Crippen LogP contribution in [0.2, 0.25) is 0 Å². The molecule has 0 aliphatic rings. The summed E-state index contributed by atoms with van der Waals surface area (Å²) in [5, 5.41) is 2.70. The van der Waals surface area contributed by atoms with Crippen LogP contribution in [0, 0.1) is 5.92 Å². The molecular weight excluding hydrogens is 366 g/mol. The number of carbonyl (C=O) groups excluding carboxylic acids is 1. The Labute approximate surface area is 160 Å². The number of methoxy groups -OCH3 is 1. The molecule has 0 fully saturated rings. The number of amides is 1. The van der Waals surface area contributed by atoms with E-state index in [2.05, 4.69) is 19.2 Å². The highest BCUT2D eigenvalue weighted by Gasteiger charge is 2.13. The molecule has 0 aromatic heterocycles. The third-order valence-corrected chi connectivity index (χ3v) is 5.01. The maximum Gasteiger partial charge on any atom is 0.255 e. The predicted octanol–water partition coefficient (Wildman–Crippen LogP) is 3.78. The van der Waals surface area contributed by atoms with Crippen molar-refractivity contribution in [3.8, 4) is 11.5 Å². The molecule has 0 saturated carbocycles. The van der Waals surface area contributed by atoms with E-state index in [1.165, 1.54) is 19.2 Å². The minimum absolute atomic E-state index is 0.145. The van der Waals surface area contributed by atoms with Gasteiger partial charge in [-0.1, -0.05) is 19.9 Å². The van der Waals surface area contributed by atoms with Gasteiger partial charge in [-0.2, -0.15) is 0 Å². The second-order valence-corrected chi connectivity index (χ2v) is 8.67. The summed E-state index contributed by atoms with van der Waals surface area (Å²) in [7, 11) is -1.83. The summed E-state index contributed by atoms with van der Waals surface area (Å²) in [6, 6.07) is 11.1. The molecular formula is C20H25NO5S. The molecule has 0 heterocycles. The molecule has 2 aromatic rings. The van der Waals surface area contributed by atoms with Crippen LogP contribution in [0.3, 0.4) is 0 Å². The zero-order valence-electron chi connectivity index (χ0n) is 16.0. The largest absolute Gasteiger partial charge is 0.493 e. The molecule has 0 saturated heterocycles. The molecule has 0 aliphatic heterocycles. The molecule has 0 bridgehead atoms. The van der Waals surface area contributed by atoms with E-state index in [-0.39, 0.29) is 10.8 Å². The van der Waals surface area contributed by atoms with Gasteiger partial charge < -0.3 is 14.8 Å². The van der Waals surface area contributed by atoms with E-state index < -0.39 is 9.84 Å². The van der Waals surface area contributed by atoms with Crippen LogP contribution in [-0.2, 0) is 9.84 Å². The summed E-state index contributed by atoms with van der Waals surface area (Å²) < 4.78 is 34.3. The molecule has 2 aromatic carbocycles. The highest BCUT2D eigenvalue weighted by Crippen LogP contribution is 2.29. The van der Waals surface area contributed by atoms with Crippen molar-refractivity contribution in [2.24, 2.45) is 5.92 Å². The van der Waals surface area contributed by atoms with Crippen LogP contribution in [-0.4, -0.2) is 34.3 Å². The average Bonchev–Trinajstić information content (AvgIpc) is 2.61. The summed E-state index contributed by atoms with van der Waals surface area (Å²) in [4.78, 5) is 12.6. The highest BCUT2D eigenvalue weighted by atomic mass is 32.2. The van der Waals surface area contributed by atoms with Crippen LogP contribution in [0.1, 0.15) is 30.6 Å². The molecule has 0 radical (unpaired) electrons. The topological polar surface area (TPSA) is 81.7 Å². The number of anilines is 1. The summed E-state index contributed by atoms with van der Waals surface area (Å²) in [6.45, 7) is 4.80. The van der Waals surface area contributed by atoms with Gasteiger partial charge in [-0.15, -0.1) is 0 Å². The van der Waals surface area contributed by atoms with Gasteiger partial charge in [0.15, 0.2) is 21.3 Å². The van der Waals surface area contributed by atoms with Crippen molar-refractivity contribution in [1.29, 1.82) is 0 Å². The summed E-state index contributed by atoms with van der Waals surface area (Å²) in [5.41, 5.74) is 0.784. The molecule has 6 nitrogen and oxygen atoms in total. The molecule has 0 spiro atoms. The Hall–Kier alpha value is -2.54. The first kappa shape index (κ1) is 20.8. The van der Waals surface area contributed by atoms with Gasteiger partial charge in [-0.25, -0.2) is 8.42 Å². The Kier molecular flexibility index (Phi) is 6.85. The number of nitrogens with one attached hydrogen (secondary N) is 1. The van der Waals surface area contributed by atoms with Crippen molar-refractivity contribution in [2.45, 2.75) is 25.2 Å². The Morgan fingerprint density at radius 2 is 1.85 bits per heavy atom. The zero-order chi connectivity index (χ0) is 20.0. The normalized spacial score (nSPS) is 11.3. The Balaban J connectivity index is 2.15. The van der Waals surface area contributed by atoms with Crippen molar-refractivity contribution in [1.82, 2.24) is 0 Å². The van der Waals surface area contributed by atoms with Gasteiger partial charge in [0.2, 0.25) is 0 Å². The van der Waals surface area contributed by atoms with Crippen molar-refractivity contribution in [3.63, 3.8) is 0 Å². The van der Waals surface area contributed by atoms with Crippen LogP contribution >= 0.6 is 0 Å². The fourth-order valence-electron chi connectivity index (χ4n) is 2.34. The lowest BCUT2D eigenvalue weighted by atomic mass is 10.1. The van der Waals surface area contributed by atoms with E-state index in [0.717, 1.165) is 12.7 Å². The molecule has 1 amide bonds. The second kappa shape index (κ2) is 8.90.